The van der Waals surface area contributed by atoms with E-state index in [0.717, 1.165) is 5.56 Å². The lowest BCUT2D eigenvalue weighted by atomic mass is 10.1. The first-order valence-electron chi connectivity index (χ1n) is 5.87. The Balaban J connectivity index is 2.18. The van der Waals surface area contributed by atoms with Crippen LogP contribution in [-0.4, -0.2) is 11.0 Å². The van der Waals surface area contributed by atoms with Gasteiger partial charge in [-0.1, -0.05) is 18.2 Å². The van der Waals surface area contributed by atoms with Gasteiger partial charge in [-0.25, -0.2) is 4.39 Å². The number of carbonyl (C=O) groups excluding carboxylic acids is 1. The topological polar surface area (TPSA) is 49.3 Å². The quantitative estimate of drug-likeness (QED) is 0.890. The second-order valence-electron chi connectivity index (χ2n) is 4.27. The molecule has 0 unspecified atom stereocenters. The number of nitrogens with one attached hydrogen (secondary N) is 1. The number of hydrogen-bond acceptors (Lipinski definition) is 2. The third-order valence-electron chi connectivity index (χ3n) is 2.84. The summed E-state index contributed by atoms with van der Waals surface area (Å²) >= 11 is 0. The van der Waals surface area contributed by atoms with Gasteiger partial charge in [-0.05, 0) is 42.3 Å². The van der Waals surface area contributed by atoms with Crippen molar-refractivity contribution >= 4 is 11.6 Å². The minimum absolute atomic E-state index is 0.0444. The van der Waals surface area contributed by atoms with Crippen molar-refractivity contribution in [3.05, 3.63) is 65.0 Å². The fourth-order valence-electron chi connectivity index (χ4n) is 1.73. The summed E-state index contributed by atoms with van der Waals surface area (Å²) in [6, 6.07) is 10.9. The van der Waals surface area contributed by atoms with Gasteiger partial charge in [-0.15, -0.1) is 0 Å². The molecule has 2 rings (SSSR count). The van der Waals surface area contributed by atoms with Crippen molar-refractivity contribution in [3.63, 3.8) is 0 Å². The Kier molecular flexibility index (Phi) is 3.92. The van der Waals surface area contributed by atoms with E-state index in [1.807, 2.05) is 0 Å². The number of amides is 1. The lowest BCUT2D eigenvalue weighted by Gasteiger charge is -2.08. The van der Waals surface area contributed by atoms with Gasteiger partial charge in [0.05, 0.1) is 6.61 Å². The third kappa shape index (κ3) is 3.17. The van der Waals surface area contributed by atoms with Crippen LogP contribution in [0.1, 0.15) is 21.5 Å². The van der Waals surface area contributed by atoms with Crippen LogP contribution < -0.4 is 5.32 Å². The SMILES string of the molecule is Cc1ccc(F)cc1C(=O)Nc1ccc(CO)cc1. The van der Waals surface area contributed by atoms with Crippen molar-refractivity contribution in [2.45, 2.75) is 13.5 Å². The molecular weight excluding hydrogens is 245 g/mol. The molecule has 0 atom stereocenters. The largest absolute Gasteiger partial charge is 0.392 e. The Bertz CT molecular complexity index is 594. The van der Waals surface area contributed by atoms with Gasteiger partial charge < -0.3 is 10.4 Å². The Morgan fingerprint density at radius 1 is 1.21 bits per heavy atom. The summed E-state index contributed by atoms with van der Waals surface area (Å²) in [5.41, 5.74) is 2.39. The Morgan fingerprint density at radius 3 is 2.53 bits per heavy atom. The summed E-state index contributed by atoms with van der Waals surface area (Å²) in [4.78, 5) is 12.0. The minimum Gasteiger partial charge on any atom is -0.392 e. The molecule has 0 fully saturated rings. The maximum absolute atomic E-state index is 13.1. The molecule has 19 heavy (non-hydrogen) atoms. The van der Waals surface area contributed by atoms with Crippen molar-refractivity contribution in [3.8, 4) is 0 Å². The van der Waals surface area contributed by atoms with E-state index in [9.17, 15) is 9.18 Å². The highest BCUT2D eigenvalue weighted by molar-refractivity contribution is 6.05. The van der Waals surface area contributed by atoms with E-state index < -0.39 is 5.82 Å². The van der Waals surface area contributed by atoms with Crippen molar-refractivity contribution in [1.82, 2.24) is 0 Å². The molecule has 0 aliphatic rings. The summed E-state index contributed by atoms with van der Waals surface area (Å²) in [5, 5.41) is 11.6. The predicted molar refractivity (Wildman–Crippen MR) is 71.5 cm³/mol. The summed E-state index contributed by atoms with van der Waals surface area (Å²) in [6.07, 6.45) is 0. The zero-order valence-electron chi connectivity index (χ0n) is 10.5. The van der Waals surface area contributed by atoms with Crippen LogP contribution in [0.3, 0.4) is 0 Å². The molecule has 0 radical (unpaired) electrons. The molecular formula is C15H14FNO2. The van der Waals surface area contributed by atoms with E-state index in [1.165, 1.54) is 12.1 Å². The molecule has 0 spiro atoms. The molecule has 0 heterocycles. The first-order valence-corrected chi connectivity index (χ1v) is 5.87. The van der Waals surface area contributed by atoms with Crippen molar-refractivity contribution in [1.29, 1.82) is 0 Å². The van der Waals surface area contributed by atoms with Gasteiger partial charge in [0.25, 0.3) is 5.91 Å². The summed E-state index contributed by atoms with van der Waals surface area (Å²) in [7, 11) is 0. The molecule has 0 bridgehead atoms. The van der Waals surface area contributed by atoms with E-state index in [2.05, 4.69) is 5.32 Å². The number of halogens is 1. The second-order valence-corrected chi connectivity index (χ2v) is 4.27. The van der Waals surface area contributed by atoms with E-state index >= 15 is 0 Å². The highest BCUT2D eigenvalue weighted by Crippen LogP contribution is 2.14. The van der Waals surface area contributed by atoms with E-state index in [0.29, 0.717) is 16.8 Å². The van der Waals surface area contributed by atoms with Crippen LogP contribution in [0, 0.1) is 12.7 Å². The number of carbonyl (C=O) groups is 1. The number of aliphatic hydroxyl groups is 1. The average Bonchev–Trinajstić information content (AvgIpc) is 2.42. The Morgan fingerprint density at radius 2 is 1.89 bits per heavy atom. The number of aliphatic hydroxyl groups excluding tert-OH is 1. The Hall–Kier alpha value is -2.20. The van der Waals surface area contributed by atoms with Crippen molar-refractivity contribution in [2.24, 2.45) is 0 Å². The number of anilines is 1. The standard InChI is InChI=1S/C15H14FNO2/c1-10-2-5-12(16)8-14(10)15(19)17-13-6-3-11(9-18)4-7-13/h2-8,18H,9H2,1H3,(H,17,19). The zero-order valence-corrected chi connectivity index (χ0v) is 10.5. The first kappa shape index (κ1) is 13.2. The molecule has 4 heteroatoms. The summed E-state index contributed by atoms with van der Waals surface area (Å²) in [6.45, 7) is 1.71. The van der Waals surface area contributed by atoms with Crippen LogP contribution in [-0.2, 0) is 6.61 Å². The monoisotopic (exact) mass is 259 g/mol. The fraction of sp³-hybridized carbons (Fsp3) is 0.133. The molecule has 98 valence electrons. The molecule has 0 aromatic heterocycles. The van der Waals surface area contributed by atoms with Crippen LogP contribution in [0.2, 0.25) is 0 Å². The van der Waals surface area contributed by atoms with Gasteiger partial charge in [0.15, 0.2) is 0 Å². The van der Waals surface area contributed by atoms with Crippen LogP contribution in [0.5, 0.6) is 0 Å². The molecule has 2 aromatic carbocycles. The maximum Gasteiger partial charge on any atom is 0.256 e. The molecule has 0 aliphatic carbocycles. The van der Waals surface area contributed by atoms with Gasteiger partial charge >= 0.3 is 0 Å². The number of benzene rings is 2. The van der Waals surface area contributed by atoms with Crippen LogP contribution in [0.25, 0.3) is 0 Å². The fourth-order valence-corrected chi connectivity index (χ4v) is 1.73. The van der Waals surface area contributed by atoms with Gasteiger partial charge in [-0.3, -0.25) is 4.79 Å². The van der Waals surface area contributed by atoms with Gasteiger partial charge in [0.2, 0.25) is 0 Å². The maximum atomic E-state index is 13.1. The smallest absolute Gasteiger partial charge is 0.256 e. The first-order chi connectivity index (χ1) is 9.10. The van der Waals surface area contributed by atoms with Crippen molar-refractivity contribution < 1.29 is 14.3 Å². The normalized spacial score (nSPS) is 10.3. The molecule has 3 nitrogen and oxygen atoms in total. The van der Waals surface area contributed by atoms with E-state index in [4.69, 9.17) is 5.11 Å². The van der Waals surface area contributed by atoms with E-state index in [-0.39, 0.29) is 12.5 Å². The van der Waals surface area contributed by atoms with Gasteiger partial charge in [-0.2, -0.15) is 0 Å². The molecule has 0 saturated carbocycles. The highest BCUT2D eigenvalue weighted by Gasteiger charge is 2.10. The van der Waals surface area contributed by atoms with Crippen LogP contribution >= 0.6 is 0 Å². The number of aryl methyl sites for hydroxylation is 1. The molecule has 2 aromatic rings. The minimum atomic E-state index is -0.439. The predicted octanol–water partition coefficient (Wildman–Crippen LogP) is 2.88. The second kappa shape index (κ2) is 5.63. The van der Waals surface area contributed by atoms with E-state index in [1.54, 1.807) is 37.3 Å². The van der Waals surface area contributed by atoms with Crippen molar-refractivity contribution in [2.75, 3.05) is 5.32 Å². The summed E-state index contributed by atoms with van der Waals surface area (Å²) in [5.74, 6) is -0.792. The number of hydrogen-bond donors (Lipinski definition) is 2. The molecule has 0 saturated heterocycles. The number of rotatable bonds is 3. The van der Waals surface area contributed by atoms with Crippen LogP contribution in [0.4, 0.5) is 10.1 Å². The zero-order chi connectivity index (χ0) is 13.8. The third-order valence-corrected chi connectivity index (χ3v) is 2.84. The summed E-state index contributed by atoms with van der Waals surface area (Å²) < 4.78 is 13.1. The Labute approximate surface area is 110 Å². The average molecular weight is 259 g/mol. The molecule has 1 amide bonds. The van der Waals surface area contributed by atoms with Gasteiger partial charge in [0.1, 0.15) is 5.82 Å². The lowest BCUT2D eigenvalue weighted by Crippen LogP contribution is -2.13. The lowest BCUT2D eigenvalue weighted by molar-refractivity contribution is 0.102. The molecule has 2 N–H and O–H groups in total. The highest BCUT2D eigenvalue weighted by atomic mass is 19.1. The van der Waals surface area contributed by atoms with Gasteiger partial charge in [0, 0.05) is 11.3 Å². The van der Waals surface area contributed by atoms with Crippen LogP contribution in [0.15, 0.2) is 42.5 Å². The molecule has 0 aliphatic heterocycles.